The zero-order valence-corrected chi connectivity index (χ0v) is 34.8. The van der Waals surface area contributed by atoms with Crippen molar-refractivity contribution >= 4 is 62.5 Å². The van der Waals surface area contributed by atoms with Gasteiger partial charge in [-0.3, -0.25) is 34.2 Å². The van der Waals surface area contributed by atoms with E-state index in [9.17, 15) is 37.1 Å². The highest BCUT2D eigenvalue weighted by molar-refractivity contribution is 7.18. The number of benzene rings is 2. The number of likely N-dealkylation sites (tertiary alicyclic amines) is 1. The first-order chi connectivity index (χ1) is 29.8. The third kappa shape index (κ3) is 8.51. The Labute approximate surface area is 358 Å². The number of carbonyl (C=O) groups excluding carboxylic acids is 5. The molecule has 0 spiro atoms. The number of imide groups is 2. The molecule has 18 heteroatoms. The highest BCUT2D eigenvalue weighted by Crippen LogP contribution is 2.42. The lowest BCUT2D eigenvalue weighted by Crippen LogP contribution is -2.54. The molecule has 2 saturated carbocycles. The van der Waals surface area contributed by atoms with Gasteiger partial charge in [0.15, 0.2) is 0 Å². The van der Waals surface area contributed by atoms with Crippen molar-refractivity contribution in [1.29, 1.82) is 0 Å². The first-order valence-corrected chi connectivity index (χ1v) is 22.0. The fourth-order valence-corrected chi connectivity index (χ4v) is 10.6. The SMILES string of the molecule is COc1cc2nc([C@H]3CC[C@H](CN4CCC(O[C@H]5C[C@H](Nc6cccc7c6C(=O)N(C6CCC(=O)NC6=O)C7=O)C5)CC4)CC3)sc2cc1NC(=O)c1cccc(C(F)(F)F)n1. The second-order valence-electron chi connectivity index (χ2n) is 16.9. The zero-order chi connectivity index (χ0) is 43.3. The molecule has 3 N–H and O–H groups in total. The van der Waals surface area contributed by atoms with Gasteiger partial charge in [-0.25, -0.2) is 9.97 Å². The van der Waals surface area contributed by atoms with Crippen LogP contribution in [-0.2, 0) is 20.5 Å². The molecule has 4 fully saturated rings. The molecule has 5 heterocycles. The molecule has 4 aromatic rings. The van der Waals surface area contributed by atoms with Crippen molar-refractivity contribution in [2.45, 2.75) is 101 Å². The minimum Gasteiger partial charge on any atom is -0.494 e. The third-order valence-corrected chi connectivity index (χ3v) is 14.0. The summed E-state index contributed by atoms with van der Waals surface area (Å²) in [5, 5.41) is 9.37. The number of hydrogen-bond acceptors (Lipinski definition) is 12. The number of anilines is 2. The Morgan fingerprint density at radius 1 is 0.903 bits per heavy atom. The number of rotatable bonds is 11. The summed E-state index contributed by atoms with van der Waals surface area (Å²) >= 11 is 1.57. The smallest absolute Gasteiger partial charge is 0.433 e. The number of aromatic nitrogens is 2. The molecule has 2 aromatic heterocycles. The molecule has 0 bridgehead atoms. The van der Waals surface area contributed by atoms with Crippen molar-refractivity contribution < 1.29 is 46.6 Å². The molecule has 2 aliphatic carbocycles. The fourth-order valence-electron chi connectivity index (χ4n) is 9.43. The lowest BCUT2D eigenvalue weighted by molar-refractivity contribution is -0.141. The van der Waals surface area contributed by atoms with Gasteiger partial charge in [-0.1, -0.05) is 12.1 Å². The average Bonchev–Trinajstić information content (AvgIpc) is 3.77. The number of fused-ring (bicyclic) bond motifs is 2. The number of carbonyl (C=O) groups is 5. The van der Waals surface area contributed by atoms with Crippen LogP contribution in [-0.4, -0.2) is 100 Å². The molecule has 5 aliphatic rings. The number of methoxy groups -OCH3 is 1. The van der Waals surface area contributed by atoms with Crippen molar-refractivity contribution in [3.05, 3.63) is 76.1 Å². The van der Waals surface area contributed by atoms with Crippen molar-refractivity contribution in [2.75, 3.05) is 37.4 Å². The van der Waals surface area contributed by atoms with Gasteiger partial charge in [0.25, 0.3) is 17.7 Å². The minimum atomic E-state index is -4.67. The van der Waals surface area contributed by atoms with Gasteiger partial charge in [-0.05, 0) is 94.0 Å². The van der Waals surface area contributed by atoms with Crippen LogP contribution in [0, 0.1) is 5.92 Å². The summed E-state index contributed by atoms with van der Waals surface area (Å²) in [4.78, 5) is 75.7. The van der Waals surface area contributed by atoms with E-state index in [-0.39, 0.29) is 47.9 Å². The summed E-state index contributed by atoms with van der Waals surface area (Å²) in [7, 11) is 1.46. The first kappa shape index (κ1) is 41.9. The minimum absolute atomic E-state index is 0.0702. The standard InChI is InChI=1S/C44H46F3N7O7S/c1-60-34-20-32-35(21-31(34)50-39(56)30-6-3-7-36(49-30)44(45,46)47)62-41(51-32)24-10-8-23(9-11-24)22-53-16-14-26(15-17-53)61-27-18-25(19-27)48-29-5-2-4-28-38(29)43(59)54(42(28)58)33-12-13-37(55)52-40(33)57/h2-7,20-21,23-27,33,48H,8-19,22H2,1H3,(H,50,56)(H,52,55,57)/t23-,24-,25-,27-,33?. The van der Waals surface area contributed by atoms with Crippen LogP contribution in [0.2, 0.25) is 0 Å². The predicted molar refractivity (Wildman–Crippen MR) is 222 cm³/mol. The molecule has 2 aromatic carbocycles. The molecule has 0 radical (unpaired) electrons. The van der Waals surface area contributed by atoms with E-state index in [1.165, 1.54) is 13.2 Å². The van der Waals surface area contributed by atoms with Crippen LogP contribution in [0.3, 0.4) is 0 Å². The summed E-state index contributed by atoms with van der Waals surface area (Å²) in [5.41, 5.74) is 0.678. The van der Waals surface area contributed by atoms with Crippen molar-refractivity contribution in [3.63, 3.8) is 0 Å². The Hall–Kier alpha value is -5.46. The third-order valence-electron chi connectivity index (χ3n) is 12.8. The van der Waals surface area contributed by atoms with Gasteiger partial charge < -0.3 is 25.0 Å². The molecule has 1 atom stereocenters. The Balaban J connectivity index is 0.713. The Kier molecular flexibility index (Phi) is 11.5. The van der Waals surface area contributed by atoms with Gasteiger partial charge in [-0.2, -0.15) is 13.2 Å². The van der Waals surface area contributed by atoms with Crippen LogP contribution in [0.5, 0.6) is 5.75 Å². The number of amides is 5. The number of nitrogens with one attached hydrogen (secondary N) is 3. The summed E-state index contributed by atoms with van der Waals surface area (Å²) in [5.74, 6) is -1.58. The van der Waals surface area contributed by atoms with E-state index in [1.807, 2.05) is 0 Å². The van der Waals surface area contributed by atoms with Gasteiger partial charge in [-0.15, -0.1) is 11.3 Å². The summed E-state index contributed by atoms with van der Waals surface area (Å²) < 4.78 is 52.4. The highest BCUT2D eigenvalue weighted by Gasteiger charge is 2.46. The molecule has 2 saturated heterocycles. The van der Waals surface area contributed by atoms with Gasteiger partial charge in [0.1, 0.15) is 23.2 Å². The molecular formula is C44H46F3N7O7S. The second-order valence-corrected chi connectivity index (χ2v) is 18.0. The number of thiazole rings is 1. The van der Waals surface area contributed by atoms with Gasteiger partial charge >= 0.3 is 6.18 Å². The topological polar surface area (TPSA) is 172 Å². The van der Waals surface area contributed by atoms with Gasteiger partial charge in [0.05, 0.1) is 51.4 Å². The molecule has 62 heavy (non-hydrogen) atoms. The van der Waals surface area contributed by atoms with Crippen LogP contribution in [0.25, 0.3) is 10.2 Å². The van der Waals surface area contributed by atoms with E-state index in [2.05, 4.69) is 25.8 Å². The van der Waals surface area contributed by atoms with Crippen molar-refractivity contribution in [3.8, 4) is 5.75 Å². The maximum atomic E-state index is 13.5. The van der Waals surface area contributed by atoms with E-state index in [1.54, 1.807) is 41.7 Å². The fraction of sp³-hybridized carbons (Fsp3) is 0.477. The number of piperidine rings is 2. The lowest BCUT2D eigenvalue weighted by atomic mass is 9.82. The number of hydrogen-bond donors (Lipinski definition) is 3. The summed E-state index contributed by atoms with van der Waals surface area (Å²) in [6, 6.07) is 10.9. The molecular weight excluding hydrogens is 828 g/mol. The molecule has 5 amide bonds. The molecule has 3 aliphatic heterocycles. The van der Waals surface area contributed by atoms with E-state index >= 15 is 0 Å². The number of ether oxygens (including phenoxy) is 2. The number of pyridine rings is 1. The Bertz CT molecular complexity index is 2420. The summed E-state index contributed by atoms with van der Waals surface area (Å²) in [6.07, 6.45) is 3.58. The van der Waals surface area contributed by atoms with Gasteiger partial charge in [0.2, 0.25) is 11.8 Å². The van der Waals surface area contributed by atoms with Crippen molar-refractivity contribution in [1.82, 2.24) is 25.1 Å². The molecule has 326 valence electrons. The first-order valence-electron chi connectivity index (χ1n) is 21.1. The van der Waals surface area contributed by atoms with E-state index < -0.39 is 47.4 Å². The summed E-state index contributed by atoms with van der Waals surface area (Å²) in [6.45, 7) is 3.02. The molecule has 9 rings (SSSR count). The average molecular weight is 874 g/mol. The van der Waals surface area contributed by atoms with Crippen LogP contribution in [0.4, 0.5) is 24.5 Å². The lowest BCUT2D eigenvalue weighted by Gasteiger charge is -2.41. The zero-order valence-electron chi connectivity index (χ0n) is 34.0. The van der Waals surface area contributed by atoms with Crippen LogP contribution in [0.15, 0.2) is 48.5 Å². The predicted octanol–water partition coefficient (Wildman–Crippen LogP) is 6.77. The quantitative estimate of drug-likeness (QED) is 0.136. The van der Waals surface area contributed by atoms with Crippen LogP contribution < -0.4 is 20.7 Å². The Morgan fingerprint density at radius 2 is 1.66 bits per heavy atom. The largest absolute Gasteiger partial charge is 0.494 e. The second kappa shape index (κ2) is 17.0. The van der Waals surface area contributed by atoms with Gasteiger partial charge in [0, 0.05) is 49.8 Å². The Morgan fingerprint density at radius 3 is 2.39 bits per heavy atom. The number of nitrogens with zero attached hydrogens (tertiary/aromatic N) is 4. The monoisotopic (exact) mass is 873 g/mol. The molecule has 1 unspecified atom stereocenters. The number of alkyl halides is 3. The maximum Gasteiger partial charge on any atom is 0.433 e. The molecule has 14 nitrogen and oxygen atoms in total. The highest BCUT2D eigenvalue weighted by atomic mass is 32.1. The van der Waals surface area contributed by atoms with Crippen molar-refractivity contribution in [2.24, 2.45) is 5.92 Å². The maximum absolute atomic E-state index is 13.5. The van der Waals surface area contributed by atoms with E-state index in [4.69, 9.17) is 14.5 Å². The van der Waals surface area contributed by atoms with E-state index in [0.717, 1.165) is 103 Å². The van der Waals surface area contributed by atoms with E-state index in [0.29, 0.717) is 29.0 Å². The normalized spacial score (nSPS) is 24.8. The van der Waals surface area contributed by atoms with Crippen LogP contribution in [0.1, 0.15) is 112 Å². The van der Waals surface area contributed by atoms with Crippen LogP contribution >= 0.6 is 11.3 Å². The number of halogens is 3.